The normalized spacial score (nSPS) is 29.1. The van der Waals surface area contributed by atoms with Crippen LogP contribution in [0.3, 0.4) is 0 Å². The van der Waals surface area contributed by atoms with Crippen molar-refractivity contribution >= 4 is 0 Å². The standard InChI is InChI=1S/C18H30N2/c1-17(2)10-13(11-18(3,4)12-17)20-9-8-14-15(19)6-5-7-16(14)20/h8-9,13,15H,5-7,10-12,19H2,1-4H3. The second kappa shape index (κ2) is 4.62. The molecule has 1 atom stereocenters. The van der Waals surface area contributed by atoms with E-state index < -0.39 is 0 Å². The third-order valence-corrected chi connectivity index (χ3v) is 5.31. The van der Waals surface area contributed by atoms with Gasteiger partial charge in [0.05, 0.1) is 0 Å². The van der Waals surface area contributed by atoms with Crippen LogP contribution in [0, 0.1) is 10.8 Å². The smallest absolute Gasteiger partial charge is 0.0343 e. The molecule has 2 nitrogen and oxygen atoms in total. The first-order valence-corrected chi connectivity index (χ1v) is 8.23. The van der Waals surface area contributed by atoms with Crippen LogP contribution in [0.25, 0.3) is 0 Å². The predicted octanol–water partition coefficient (Wildman–Crippen LogP) is 4.60. The van der Waals surface area contributed by atoms with Gasteiger partial charge in [-0.05, 0) is 61.0 Å². The third kappa shape index (κ3) is 2.55. The molecule has 0 aliphatic heterocycles. The van der Waals surface area contributed by atoms with Gasteiger partial charge in [-0.25, -0.2) is 0 Å². The highest BCUT2D eigenvalue weighted by Gasteiger charge is 2.39. The molecule has 1 aromatic rings. The van der Waals surface area contributed by atoms with Crippen LogP contribution in [0.1, 0.15) is 83.1 Å². The summed E-state index contributed by atoms with van der Waals surface area (Å²) in [6.45, 7) is 9.73. The van der Waals surface area contributed by atoms with Crippen LogP contribution in [-0.2, 0) is 6.42 Å². The average molecular weight is 274 g/mol. The van der Waals surface area contributed by atoms with Crippen LogP contribution in [0.2, 0.25) is 0 Å². The molecule has 2 aliphatic rings. The predicted molar refractivity (Wildman–Crippen MR) is 84.7 cm³/mol. The Bertz CT molecular complexity index is 480. The Kier molecular flexibility index (Phi) is 3.28. The second-order valence-electron chi connectivity index (χ2n) is 8.69. The molecule has 2 N–H and O–H groups in total. The third-order valence-electron chi connectivity index (χ3n) is 5.31. The fourth-order valence-corrected chi connectivity index (χ4v) is 5.08. The summed E-state index contributed by atoms with van der Waals surface area (Å²) in [5.74, 6) is 0. The SMILES string of the molecule is CC1(C)CC(n2ccc3c2CCCC3N)CC(C)(C)C1. The van der Waals surface area contributed by atoms with Gasteiger partial charge in [0.25, 0.3) is 0 Å². The summed E-state index contributed by atoms with van der Waals surface area (Å²) in [4.78, 5) is 0. The molecule has 1 unspecified atom stereocenters. The van der Waals surface area contributed by atoms with Crippen molar-refractivity contribution in [1.82, 2.24) is 4.57 Å². The van der Waals surface area contributed by atoms with Crippen molar-refractivity contribution < 1.29 is 0 Å². The summed E-state index contributed by atoms with van der Waals surface area (Å²) in [6, 6.07) is 3.21. The van der Waals surface area contributed by atoms with Gasteiger partial charge < -0.3 is 10.3 Å². The van der Waals surface area contributed by atoms with Crippen molar-refractivity contribution in [3.63, 3.8) is 0 Å². The molecule has 0 amide bonds. The number of rotatable bonds is 1. The summed E-state index contributed by atoms with van der Waals surface area (Å²) in [7, 11) is 0. The first-order chi connectivity index (χ1) is 9.27. The number of aromatic nitrogens is 1. The minimum atomic E-state index is 0.268. The number of nitrogens with two attached hydrogens (primary N) is 1. The molecule has 1 saturated carbocycles. The lowest BCUT2D eigenvalue weighted by atomic mass is 9.63. The fraction of sp³-hybridized carbons (Fsp3) is 0.778. The number of hydrogen-bond acceptors (Lipinski definition) is 1. The molecule has 1 heterocycles. The van der Waals surface area contributed by atoms with Crippen molar-refractivity contribution in [2.45, 2.75) is 78.3 Å². The number of fused-ring (bicyclic) bond motifs is 1. The zero-order valence-electron chi connectivity index (χ0n) is 13.6. The van der Waals surface area contributed by atoms with Gasteiger partial charge in [0.1, 0.15) is 0 Å². The van der Waals surface area contributed by atoms with Gasteiger partial charge in [-0.15, -0.1) is 0 Å². The molecular weight excluding hydrogens is 244 g/mol. The van der Waals surface area contributed by atoms with Gasteiger partial charge in [0.2, 0.25) is 0 Å². The second-order valence-corrected chi connectivity index (χ2v) is 8.69. The van der Waals surface area contributed by atoms with E-state index >= 15 is 0 Å². The Balaban J connectivity index is 1.93. The minimum Gasteiger partial charge on any atom is -0.348 e. The molecular formula is C18H30N2. The minimum absolute atomic E-state index is 0.268. The number of hydrogen-bond donors (Lipinski definition) is 1. The number of nitrogens with zero attached hydrogens (tertiary/aromatic N) is 1. The van der Waals surface area contributed by atoms with Crippen LogP contribution in [-0.4, -0.2) is 4.57 Å². The van der Waals surface area contributed by atoms with E-state index in [9.17, 15) is 0 Å². The van der Waals surface area contributed by atoms with Crippen LogP contribution < -0.4 is 5.73 Å². The molecule has 1 aromatic heterocycles. The van der Waals surface area contributed by atoms with Gasteiger partial charge in [0, 0.05) is 24.0 Å². The quantitative estimate of drug-likeness (QED) is 0.797. The zero-order chi connectivity index (χ0) is 14.5. The monoisotopic (exact) mass is 274 g/mol. The Hall–Kier alpha value is -0.760. The van der Waals surface area contributed by atoms with E-state index in [-0.39, 0.29) is 6.04 Å². The van der Waals surface area contributed by atoms with E-state index in [1.54, 1.807) is 0 Å². The van der Waals surface area contributed by atoms with Crippen molar-refractivity contribution in [2.24, 2.45) is 16.6 Å². The lowest BCUT2D eigenvalue weighted by Gasteiger charge is -2.46. The Labute approximate surface area is 123 Å². The van der Waals surface area contributed by atoms with Crippen molar-refractivity contribution in [1.29, 1.82) is 0 Å². The van der Waals surface area contributed by atoms with Gasteiger partial charge in [-0.3, -0.25) is 0 Å². The lowest BCUT2D eigenvalue weighted by molar-refractivity contribution is 0.0712. The van der Waals surface area contributed by atoms with Crippen LogP contribution in [0.4, 0.5) is 0 Å². The van der Waals surface area contributed by atoms with E-state index in [1.807, 2.05) is 0 Å². The van der Waals surface area contributed by atoms with Gasteiger partial charge >= 0.3 is 0 Å². The van der Waals surface area contributed by atoms with E-state index in [2.05, 4.69) is 44.5 Å². The first-order valence-electron chi connectivity index (χ1n) is 8.23. The van der Waals surface area contributed by atoms with Gasteiger partial charge in [0.15, 0.2) is 0 Å². The summed E-state index contributed by atoms with van der Waals surface area (Å²) in [5, 5.41) is 0. The summed E-state index contributed by atoms with van der Waals surface area (Å²) >= 11 is 0. The van der Waals surface area contributed by atoms with Gasteiger partial charge in [-0.2, -0.15) is 0 Å². The van der Waals surface area contributed by atoms with E-state index in [1.165, 1.54) is 43.4 Å². The largest absolute Gasteiger partial charge is 0.348 e. The molecule has 2 aliphatic carbocycles. The van der Waals surface area contributed by atoms with Crippen molar-refractivity contribution in [2.75, 3.05) is 0 Å². The molecule has 0 aromatic carbocycles. The van der Waals surface area contributed by atoms with Crippen LogP contribution in [0.5, 0.6) is 0 Å². The Morgan fingerprint density at radius 2 is 1.80 bits per heavy atom. The van der Waals surface area contributed by atoms with Crippen LogP contribution >= 0.6 is 0 Å². The summed E-state index contributed by atoms with van der Waals surface area (Å²) in [5.41, 5.74) is 10.1. The highest BCUT2D eigenvalue weighted by Crippen LogP contribution is 2.50. The topological polar surface area (TPSA) is 30.9 Å². The molecule has 3 rings (SSSR count). The van der Waals surface area contributed by atoms with E-state index in [0.29, 0.717) is 16.9 Å². The summed E-state index contributed by atoms with van der Waals surface area (Å²) < 4.78 is 2.58. The van der Waals surface area contributed by atoms with Crippen LogP contribution in [0.15, 0.2) is 12.3 Å². The molecule has 0 spiro atoms. The Morgan fingerprint density at radius 3 is 2.45 bits per heavy atom. The highest BCUT2D eigenvalue weighted by molar-refractivity contribution is 5.29. The van der Waals surface area contributed by atoms with E-state index in [4.69, 9.17) is 5.73 Å². The highest BCUT2D eigenvalue weighted by atomic mass is 15.0. The molecule has 112 valence electrons. The van der Waals surface area contributed by atoms with E-state index in [0.717, 1.165) is 6.42 Å². The average Bonchev–Trinajstić information content (AvgIpc) is 2.69. The van der Waals surface area contributed by atoms with Gasteiger partial charge in [-0.1, -0.05) is 27.7 Å². The maximum atomic E-state index is 6.28. The molecule has 0 bridgehead atoms. The molecule has 1 fully saturated rings. The summed E-state index contributed by atoms with van der Waals surface area (Å²) in [6.07, 6.45) is 9.86. The maximum absolute atomic E-state index is 6.28. The first kappa shape index (κ1) is 14.2. The fourth-order valence-electron chi connectivity index (χ4n) is 5.08. The molecule has 0 radical (unpaired) electrons. The van der Waals surface area contributed by atoms with Crippen molar-refractivity contribution in [3.8, 4) is 0 Å². The Morgan fingerprint density at radius 1 is 1.15 bits per heavy atom. The molecule has 0 saturated heterocycles. The zero-order valence-corrected chi connectivity index (χ0v) is 13.6. The van der Waals surface area contributed by atoms with Crippen molar-refractivity contribution in [3.05, 3.63) is 23.5 Å². The molecule has 2 heteroatoms. The lowest BCUT2D eigenvalue weighted by Crippen LogP contribution is -2.35. The molecule has 20 heavy (non-hydrogen) atoms. The maximum Gasteiger partial charge on any atom is 0.0343 e.